The largest absolute Gasteiger partial charge is 0.392 e. The molecule has 2 N–H and O–H groups in total. The molecule has 1 aliphatic rings. The van der Waals surface area contributed by atoms with Crippen LogP contribution in [0.2, 0.25) is 0 Å². The van der Waals surface area contributed by atoms with Crippen LogP contribution in [0, 0.1) is 5.92 Å². The molecule has 0 saturated carbocycles. The van der Waals surface area contributed by atoms with Gasteiger partial charge in [-0.1, -0.05) is 24.3 Å². The SMILES string of the molecule is CC(=O)NC[C@@H](C)NC(=O)c1cnc2c(C3=CCC(C(F)(F)F)CC3)cccc2c1. The van der Waals surface area contributed by atoms with E-state index in [1.165, 1.54) is 13.1 Å². The van der Waals surface area contributed by atoms with Crippen LogP contribution in [0.25, 0.3) is 16.5 Å². The number of carbonyl (C=O) groups excluding carboxylic acids is 2. The average Bonchev–Trinajstić information content (AvgIpc) is 2.70. The number of hydrogen-bond donors (Lipinski definition) is 2. The monoisotopic (exact) mass is 419 g/mol. The van der Waals surface area contributed by atoms with Crippen molar-refractivity contribution in [2.45, 2.75) is 45.3 Å². The van der Waals surface area contributed by atoms with Gasteiger partial charge in [-0.25, -0.2) is 0 Å². The fraction of sp³-hybridized carbons (Fsp3) is 0.409. The van der Waals surface area contributed by atoms with Crippen molar-refractivity contribution >= 4 is 28.3 Å². The summed E-state index contributed by atoms with van der Waals surface area (Å²) in [6.07, 6.45) is -0.664. The van der Waals surface area contributed by atoms with Gasteiger partial charge in [0.2, 0.25) is 5.91 Å². The van der Waals surface area contributed by atoms with Gasteiger partial charge in [-0.3, -0.25) is 14.6 Å². The molecular formula is C22H24F3N3O2. The zero-order valence-corrected chi connectivity index (χ0v) is 16.8. The van der Waals surface area contributed by atoms with E-state index >= 15 is 0 Å². The lowest BCUT2D eigenvalue weighted by atomic mass is 9.85. The first-order chi connectivity index (χ1) is 14.1. The molecule has 1 unspecified atom stereocenters. The summed E-state index contributed by atoms with van der Waals surface area (Å²) in [5, 5.41) is 6.19. The average molecular weight is 419 g/mol. The number of aromatic nitrogens is 1. The summed E-state index contributed by atoms with van der Waals surface area (Å²) >= 11 is 0. The summed E-state index contributed by atoms with van der Waals surface area (Å²) in [6, 6.07) is 6.96. The van der Waals surface area contributed by atoms with Gasteiger partial charge in [-0.15, -0.1) is 0 Å². The summed E-state index contributed by atoms with van der Waals surface area (Å²) in [7, 11) is 0. The number of rotatable bonds is 5. The predicted molar refractivity (Wildman–Crippen MR) is 109 cm³/mol. The molecule has 0 saturated heterocycles. The second-order valence-corrected chi connectivity index (χ2v) is 7.66. The second kappa shape index (κ2) is 8.85. The number of fused-ring (bicyclic) bond motifs is 1. The van der Waals surface area contributed by atoms with Crippen LogP contribution in [0.4, 0.5) is 13.2 Å². The fourth-order valence-corrected chi connectivity index (χ4v) is 3.58. The van der Waals surface area contributed by atoms with Crippen molar-refractivity contribution in [2.75, 3.05) is 6.54 Å². The molecule has 0 spiro atoms. The molecule has 2 amide bonds. The molecule has 1 aromatic heterocycles. The number of hydrogen-bond acceptors (Lipinski definition) is 3. The van der Waals surface area contributed by atoms with Crippen molar-refractivity contribution < 1.29 is 22.8 Å². The molecule has 1 aliphatic carbocycles. The Bertz CT molecular complexity index is 985. The lowest BCUT2D eigenvalue weighted by Gasteiger charge is -2.24. The van der Waals surface area contributed by atoms with Gasteiger partial charge in [0.25, 0.3) is 5.91 Å². The fourth-order valence-electron chi connectivity index (χ4n) is 3.58. The molecular weight excluding hydrogens is 395 g/mol. The number of nitrogens with zero attached hydrogens (tertiary/aromatic N) is 1. The van der Waals surface area contributed by atoms with Crippen LogP contribution in [0.1, 0.15) is 49.0 Å². The lowest BCUT2D eigenvalue weighted by Crippen LogP contribution is -2.41. The quantitative estimate of drug-likeness (QED) is 0.762. The highest BCUT2D eigenvalue weighted by molar-refractivity contribution is 5.99. The second-order valence-electron chi connectivity index (χ2n) is 7.66. The summed E-state index contributed by atoms with van der Waals surface area (Å²) in [6.45, 7) is 3.51. The molecule has 0 bridgehead atoms. The van der Waals surface area contributed by atoms with Crippen LogP contribution in [0.15, 0.2) is 36.5 Å². The number of benzene rings is 1. The molecule has 5 nitrogen and oxygen atoms in total. The topological polar surface area (TPSA) is 71.1 Å². The summed E-state index contributed by atoms with van der Waals surface area (Å²) in [5.41, 5.74) is 2.70. The Kier molecular flexibility index (Phi) is 6.43. The molecule has 8 heteroatoms. The van der Waals surface area contributed by atoms with E-state index < -0.39 is 12.1 Å². The minimum Gasteiger partial charge on any atom is -0.354 e. The van der Waals surface area contributed by atoms with E-state index in [-0.39, 0.29) is 30.7 Å². The maximum absolute atomic E-state index is 12.9. The van der Waals surface area contributed by atoms with Gasteiger partial charge in [-0.2, -0.15) is 13.2 Å². The van der Waals surface area contributed by atoms with E-state index in [9.17, 15) is 22.8 Å². The summed E-state index contributed by atoms with van der Waals surface area (Å²) < 4.78 is 38.8. The molecule has 0 aliphatic heterocycles. The van der Waals surface area contributed by atoms with E-state index in [0.29, 0.717) is 24.0 Å². The molecule has 2 atom stereocenters. The first-order valence-electron chi connectivity index (χ1n) is 9.85. The Labute approximate surface area is 172 Å². The summed E-state index contributed by atoms with van der Waals surface area (Å²) in [5.74, 6) is -1.77. The van der Waals surface area contributed by atoms with E-state index in [1.54, 1.807) is 19.1 Å². The maximum atomic E-state index is 12.9. The van der Waals surface area contributed by atoms with Crippen LogP contribution in [-0.4, -0.2) is 35.6 Å². The highest BCUT2D eigenvalue weighted by Crippen LogP contribution is 2.40. The van der Waals surface area contributed by atoms with Crippen molar-refractivity contribution in [1.29, 1.82) is 0 Å². The highest BCUT2D eigenvalue weighted by Gasteiger charge is 2.39. The number of nitrogens with one attached hydrogen (secondary N) is 2. The lowest BCUT2D eigenvalue weighted by molar-refractivity contribution is -0.175. The van der Waals surface area contributed by atoms with Gasteiger partial charge < -0.3 is 10.6 Å². The Hall–Kier alpha value is -2.90. The molecule has 0 radical (unpaired) electrons. The number of allylic oxidation sites excluding steroid dienone is 2. The standard InChI is InChI=1S/C22H24F3N3O2/c1-13(11-26-14(2)29)28-21(30)17-10-16-4-3-5-19(20(16)27-12-17)15-6-8-18(9-7-15)22(23,24)25/h3-6,10,12-13,18H,7-9,11H2,1-2H3,(H,26,29)(H,28,30)/t13-,18?/m1/s1. The molecule has 160 valence electrons. The molecule has 1 aromatic carbocycles. The van der Waals surface area contributed by atoms with Crippen molar-refractivity contribution in [3.8, 4) is 0 Å². The van der Waals surface area contributed by atoms with Gasteiger partial charge in [0.1, 0.15) is 0 Å². The van der Waals surface area contributed by atoms with E-state index in [2.05, 4.69) is 15.6 Å². The van der Waals surface area contributed by atoms with E-state index in [4.69, 9.17) is 0 Å². The van der Waals surface area contributed by atoms with Gasteiger partial charge >= 0.3 is 6.18 Å². The molecule has 2 aromatic rings. The number of carbonyl (C=O) groups is 2. The third kappa shape index (κ3) is 5.17. The van der Waals surface area contributed by atoms with Gasteiger partial charge in [-0.05, 0) is 37.8 Å². The van der Waals surface area contributed by atoms with Gasteiger partial charge in [0.15, 0.2) is 0 Å². The Balaban J connectivity index is 1.78. The van der Waals surface area contributed by atoms with Crippen LogP contribution in [0.5, 0.6) is 0 Å². The number of alkyl halides is 3. The van der Waals surface area contributed by atoms with Crippen LogP contribution >= 0.6 is 0 Å². The Morgan fingerprint density at radius 3 is 2.70 bits per heavy atom. The zero-order valence-electron chi connectivity index (χ0n) is 16.8. The number of para-hydroxylation sites is 1. The predicted octanol–water partition coefficient (Wildman–Crippen LogP) is 4.24. The van der Waals surface area contributed by atoms with Crippen molar-refractivity contribution in [2.24, 2.45) is 5.92 Å². The Morgan fingerprint density at radius 1 is 1.30 bits per heavy atom. The van der Waals surface area contributed by atoms with Crippen molar-refractivity contribution in [3.63, 3.8) is 0 Å². The number of halogens is 3. The maximum Gasteiger partial charge on any atom is 0.392 e. The minimum absolute atomic E-state index is 0.0259. The Morgan fingerprint density at radius 2 is 2.07 bits per heavy atom. The first kappa shape index (κ1) is 21.8. The first-order valence-corrected chi connectivity index (χ1v) is 9.85. The zero-order chi connectivity index (χ0) is 21.9. The number of pyridine rings is 1. The van der Waals surface area contributed by atoms with Crippen molar-refractivity contribution in [3.05, 3.63) is 47.7 Å². The molecule has 0 fully saturated rings. The molecule has 1 heterocycles. The minimum atomic E-state index is -4.17. The third-order valence-corrected chi connectivity index (χ3v) is 5.23. The highest BCUT2D eigenvalue weighted by atomic mass is 19.4. The smallest absolute Gasteiger partial charge is 0.354 e. The third-order valence-electron chi connectivity index (χ3n) is 5.23. The van der Waals surface area contributed by atoms with Crippen LogP contribution in [-0.2, 0) is 4.79 Å². The summed E-state index contributed by atoms with van der Waals surface area (Å²) in [4.78, 5) is 27.9. The van der Waals surface area contributed by atoms with Crippen molar-refractivity contribution in [1.82, 2.24) is 15.6 Å². The number of amides is 2. The van der Waals surface area contributed by atoms with E-state index in [0.717, 1.165) is 16.5 Å². The van der Waals surface area contributed by atoms with Gasteiger partial charge in [0, 0.05) is 36.7 Å². The van der Waals surface area contributed by atoms with Gasteiger partial charge in [0.05, 0.1) is 17.0 Å². The van der Waals surface area contributed by atoms with Crippen LogP contribution < -0.4 is 10.6 Å². The normalized spacial score (nSPS) is 17.9. The molecule has 3 rings (SSSR count). The van der Waals surface area contributed by atoms with E-state index in [1.807, 2.05) is 18.2 Å². The van der Waals surface area contributed by atoms with Crippen LogP contribution in [0.3, 0.4) is 0 Å². The molecule has 30 heavy (non-hydrogen) atoms.